The van der Waals surface area contributed by atoms with E-state index in [2.05, 4.69) is 13.5 Å². The normalized spacial score (nSPS) is 20.3. The zero-order valence-corrected chi connectivity index (χ0v) is 16.0. The molecule has 144 valence electrons. The van der Waals surface area contributed by atoms with Crippen LogP contribution >= 0.6 is 0 Å². The number of hydrogen-bond acceptors (Lipinski definition) is 4. The number of methoxy groups -OCH3 is 1. The Morgan fingerprint density at radius 1 is 1.12 bits per heavy atom. The topological polar surface area (TPSA) is 47.9 Å². The monoisotopic (exact) mass is 344 g/mol. The van der Waals surface area contributed by atoms with Crippen LogP contribution in [0.5, 0.6) is 0 Å². The summed E-state index contributed by atoms with van der Waals surface area (Å²) in [5.41, 5.74) is 0. The van der Waals surface area contributed by atoms with Gasteiger partial charge in [-0.15, -0.1) is 6.58 Å². The van der Waals surface area contributed by atoms with Crippen LogP contribution in [0.25, 0.3) is 0 Å². The van der Waals surface area contributed by atoms with Crippen molar-refractivity contribution >= 4 is 0 Å². The molecule has 1 saturated heterocycles. The van der Waals surface area contributed by atoms with E-state index in [9.17, 15) is 0 Å². The van der Waals surface area contributed by atoms with Crippen LogP contribution in [0.2, 0.25) is 0 Å². The van der Waals surface area contributed by atoms with Gasteiger partial charge in [-0.1, -0.05) is 57.9 Å². The van der Waals surface area contributed by atoms with Crippen molar-refractivity contribution in [3.05, 3.63) is 12.7 Å². The summed E-state index contributed by atoms with van der Waals surface area (Å²) >= 11 is 0. The molecule has 4 nitrogen and oxygen atoms in total. The van der Waals surface area contributed by atoms with Crippen LogP contribution in [0.15, 0.2) is 12.7 Å². The van der Waals surface area contributed by atoms with Gasteiger partial charge in [0.25, 0.3) is 0 Å². The van der Waals surface area contributed by atoms with E-state index in [1.54, 1.807) is 7.11 Å². The maximum absolute atomic E-state index is 7.76. The lowest BCUT2D eigenvalue weighted by Crippen LogP contribution is -2.33. The molecule has 2 unspecified atom stereocenters. The number of hydrogen-bond donors (Lipinski definition) is 1. The average Bonchev–Trinajstić information content (AvgIpc) is 2.61. The van der Waals surface area contributed by atoms with Gasteiger partial charge in [-0.3, -0.25) is 0 Å². The van der Waals surface area contributed by atoms with E-state index in [-0.39, 0.29) is 12.7 Å². The lowest BCUT2D eigenvalue weighted by molar-refractivity contribution is -0.0928. The van der Waals surface area contributed by atoms with Crippen molar-refractivity contribution in [1.82, 2.24) is 0 Å². The molecule has 0 bridgehead atoms. The van der Waals surface area contributed by atoms with E-state index < -0.39 is 0 Å². The Morgan fingerprint density at radius 3 is 2.33 bits per heavy atom. The summed E-state index contributed by atoms with van der Waals surface area (Å²) in [4.78, 5) is 0. The minimum absolute atomic E-state index is 0.0833. The Hall–Kier alpha value is -0.420. The molecule has 0 spiro atoms. The number of aliphatic hydroxyl groups excluding tert-OH is 1. The summed E-state index contributed by atoms with van der Waals surface area (Å²) in [6.07, 6.45) is 14.9. The van der Waals surface area contributed by atoms with Crippen LogP contribution in [0.3, 0.4) is 0 Å². The summed E-state index contributed by atoms with van der Waals surface area (Å²) in [7, 11) is 1.73. The first-order valence-electron chi connectivity index (χ1n) is 9.72. The van der Waals surface area contributed by atoms with Crippen molar-refractivity contribution in [2.75, 3.05) is 33.5 Å². The predicted octanol–water partition coefficient (Wildman–Crippen LogP) is 4.50. The molecule has 0 radical (unpaired) electrons. The maximum atomic E-state index is 7.76. The van der Waals surface area contributed by atoms with Crippen molar-refractivity contribution in [2.45, 2.75) is 83.3 Å². The molecule has 4 heteroatoms. The molecule has 0 aromatic carbocycles. The van der Waals surface area contributed by atoms with Crippen LogP contribution in [0.1, 0.15) is 71.1 Å². The molecule has 0 aromatic heterocycles. The van der Waals surface area contributed by atoms with E-state index in [0.29, 0.717) is 12.7 Å². The molecule has 2 atom stereocenters. The zero-order chi connectivity index (χ0) is 17.9. The fraction of sp³-hybridized carbons (Fsp3) is 0.900. The molecule has 1 fully saturated rings. The van der Waals surface area contributed by atoms with Gasteiger partial charge >= 0.3 is 0 Å². The smallest absolute Gasteiger partial charge is 0.0833 e. The number of unbranched alkanes of at least 4 members (excludes halogenated alkanes) is 7. The van der Waals surface area contributed by atoms with E-state index >= 15 is 0 Å². The summed E-state index contributed by atoms with van der Waals surface area (Å²) in [5.74, 6) is 0. The molecule has 0 amide bonds. The van der Waals surface area contributed by atoms with Gasteiger partial charge in [-0.2, -0.15) is 0 Å². The summed E-state index contributed by atoms with van der Waals surface area (Å²) in [5, 5.41) is 7.76. The molecule has 1 rings (SSSR count). The molecule has 0 aliphatic carbocycles. The predicted molar refractivity (Wildman–Crippen MR) is 100 cm³/mol. The first kappa shape index (κ1) is 23.6. The highest BCUT2D eigenvalue weighted by molar-refractivity contribution is 4.71. The Bertz CT molecular complexity index is 256. The van der Waals surface area contributed by atoms with Crippen LogP contribution in [-0.4, -0.2) is 50.9 Å². The Kier molecular flexibility index (Phi) is 18.6. The molecule has 1 aliphatic rings. The third-order valence-corrected chi connectivity index (χ3v) is 4.15. The SMILES string of the molecule is C=CCO.CCCCCCCCCCOC1CCOC(COC)C1. The first-order chi connectivity index (χ1) is 11.8. The van der Waals surface area contributed by atoms with Gasteiger partial charge in [0.1, 0.15) is 0 Å². The molecular weight excluding hydrogens is 304 g/mol. The second kappa shape index (κ2) is 18.9. The molecule has 0 aromatic rings. The van der Waals surface area contributed by atoms with Crippen LogP contribution < -0.4 is 0 Å². The zero-order valence-electron chi connectivity index (χ0n) is 16.0. The highest BCUT2D eigenvalue weighted by atomic mass is 16.5. The van der Waals surface area contributed by atoms with Crippen LogP contribution in [0, 0.1) is 0 Å². The first-order valence-corrected chi connectivity index (χ1v) is 9.72. The molecular formula is C20H40O4. The van der Waals surface area contributed by atoms with Crippen LogP contribution in [-0.2, 0) is 14.2 Å². The highest BCUT2D eigenvalue weighted by Crippen LogP contribution is 2.18. The minimum Gasteiger partial charge on any atom is -0.392 e. The number of rotatable bonds is 13. The van der Waals surface area contributed by atoms with E-state index in [4.69, 9.17) is 19.3 Å². The third-order valence-electron chi connectivity index (χ3n) is 4.15. The number of aliphatic hydroxyl groups is 1. The second-order valence-electron chi connectivity index (χ2n) is 6.41. The van der Waals surface area contributed by atoms with Gasteiger partial charge in [0.05, 0.1) is 25.4 Å². The van der Waals surface area contributed by atoms with Crippen molar-refractivity contribution < 1.29 is 19.3 Å². The second-order valence-corrected chi connectivity index (χ2v) is 6.41. The largest absolute Gasteiger partial charge is 0.392 e. The van der Waals surface area contributed by atoms with Crippen molar-refractivity contribution in [1.29, 1.82) is 0 Å². The van der Waals surface area contributed by atoms with E-state index in [1.165, 1.54) is 57.4 Å². The van der Waals surface area contributed by atoms with Crippen LogP contribution in [0.4, 0.5) is 0 Å². The lowest BCUT2D eigenvalue weighted by Gasteiger charge is -2.29. The van der Waals surface area contributed by atoms with Gasteiger partial charge in [0.2, 0.25) is 0 Å². The Balaban J connectivity index is 0.00000118. The Labute approximate surface area is 149 Å². The fourth-order valence-corrected chi connectivity index (χ4v) is 2.78. The molecule has 1 N–H and O–H groups in total. The van der Waals surface area contributed by atoms with Gasteiger partial charge < -0.3 is 19.3 Å². The van der Waals surface area contributed by atoms with Gasteiger partial charge in [-0.05, 0) is 12.8 Å². The van der Waals surface area contributed by atoms with Crippen molar-refractivity contribution in [3.8, 4) is 0 Å². The van der Waals surface area contributed by atoms with Gasteiger partial charge in [0, 0.05) is 26.7 Å². The standard InChI is InChI=1S/C17H34O3.C3H6O/c1-3-4-5-6-7-8-9-10-12-19-16-11-13-20-17(14-16)15-18-2;1-2-3-4/h16-17H,3-15H2,1-2H3;2,4H,1,3H2. The summed E-state index contributed by atoms with van der Waals surface area (Å²) < 4.78 is 16.8. The fourth-order valence-electron chi connectivity index (χ4n) is 2.78. The molecule has 24 heavy (non-hydrogen) atoms. The van der Waals surface area contributed by atoms with E-state index in [0.717, 1.165) is 26.1 Å². The number of ether oxygens (including phenoxy) is 3. The summed E-state index contributed by atoms with van der Waals surface area (Å²) in [6, 6.07) is 0. The third kappa shape index (κ3) is 15.1. The van der Waals surface area contributed by atoms with Crippen molar-refractivity contribution in [3.63, 3.8) is 0 Å². The van der Waals surface area contributed by atoms with E-state index in [1.807, 2.05) is 0 Å². The maximum Gasteiger partial charge on any atom is 0.0833 e. The van der Waals surface area contributed by atoms with Gasteiger partial charge in [-0.25, -0.2) is 0 Å². The minimum atomic E-state index is 0.0833. The highest BCUT2D eigenvalue weighted by Gasteiger charge is 2.22. The quantitative estimate of drug-likeness (QED) is 0.395. The molecule has 1 aliphatic heterocycles. The van der Waals surface area contributed by atoms with Crippen molar-refractivity contribution in [2.24, 2.45) is 0 Å². The molecule has 0 saturated carbocycles. The Morgan fingerprint density at radius 2 is 1.75 bits per heavy atom. The average molecular weight is 345 g/mol. The summed E-state index contributed by atoms with van der Waals surface area (Å²) in [6.45, 7) is 8.00. The molecule has 1 heterocycles. The lowest BCUT2D eigenvalue weighted by atomic mass is 10.1. The van der Waals surface area contributed by atoms with Gasteiger partial charge in [0.15, 0.2) is 0 Å².